The van der Waals surface area contributed by atoms with E-state index in [4.69, 9.17) is 4.74 Å². The fraction of sp³-hybridized carbons (Fsp3) is 0.273. The Hall–Kier alpha value is -3.35. The van der Waals surface area contributed by atoms with E-state index in [9.17, 15) is 4.48 Å². The van der Waals surface area contributed by atoms with Gasteiger partial charge in [0.05, 0.1) is 16.9 Å². The Bertz CT molecular complexity index is 1150. The predicted molar refractivity (Wildman–Crippen MR) is 108 cm³/mol. The van der Waals surface area contributed by atoms with Crippen LogP contribution in [0.2, 0.25) is 0 Å². The predicted octanol–water partition coefficient (Wildman–Crippen LogP) is 5.00. The van der Waals surface area contributed by atoms with Crippen molar-refractivity contribution in [3.05, 3.63) is 54.9 Å². The molecule has 0 unspecified atom stereocenters. The van der Waals surface area contributed by atoms with Crippen LogP contribution in [0.3, 0.4) is 0 Å². The van der Waals surface area contributed by atoms with Crippen molar-refractivity contribution in [2.45, 2.75) is 38.2 Å². The van der Waals surface area contributed by atoms with Gasteiger partial charge >= 0.3 is 6.01 Å². The molecule has 1 aliphatic carbocycles. The lowest BCUT2D eigenvalue weighted by Crippen LogP contribution is -2.20. The van der Waals surface area contributed by atoms with Crippen LogP contribution in [-0.4, -0.2) is 30.8 Å². The molecule has 0 atom stereocenters. The average molecular weight is 389 g/mol. The van der Waals surface area contributed by atoms with Crippen LogP contribution in [0.15, 0.2) is 54.9 Å². The van der Waals surface area contributed by atoms with E-state index in [-0.39, 0.29) is 11.9 Å². The number of fused-ring (bicyclic) bond motifs is 1. The monoisotopic (exact) mass is 389 g/mol. The highest BCUT2D eigenvalue weighted by molar-refractivity contribution is 5.84. The Balaban J connectivity index is 1.54. The fourth-order valence-corrected chi connectivity index (χ4v) is 3.81. The van der Waals surface area contributed by atoms with Gasteiger partial charge in [0.2, 0.25) is 0 Å². The van der Waals surface area contributed by atoms with Gasteiger partial charge in [-0.05, 0) is 56.0 Å². The summed E-state index contributed by atoms with van der Waals surface area (Å²) in [4.78, 5) is 18.3. The Morgan fingerprint density at radius 2 is 1.76 bits per heavy atom. The van der Waals surface area contributed by atoms with Gasteiger partial charge in [-0.2, -0.15) is 9.77 Å². The lowest BCUT2D eigenvalue weighted by Gasteiger charge is -2.21. The zero-order valence-corrected chi connectivity index (χ0v) is 15.8. The highest BCUT2D eigenvalue weighted by Crippen LogP contribution is 2.32. The number of aromatic nitrogens is 5. The number of hydrogen-bond donors (Lipinski definition) is 0. The van der Waals surface area contributed by atoms with E-state index in [2.05, 4.69) is 19.9 Å². The van der Waals surface area contributed by atoms with Crippen molar-refractivity contribution in [2.24, 2.45) is 0 Å². The Morgan fingerprint density at radius 1 is 0.897 bits per heavy atom. The normalized spacial score (nSPS) is 14.9. The van der Waals surface area contributed by atoms with E-state index >= 15 is 0 Å². The van der Waals surface area contributed by atoms with Crippen LogP contribution in [0.5, 0.6) is 6.01 Å². The van der Waals surface area contributed by atoms with Crippen LogP contribution >= 0.6 is 0 Å². The topological polar surface area (TPSA) is 65.7 Å². The molecule has 0 N–H and O–H groups in total. The molecule has 1 fully saturated rings. The molecule has 29 heavy (non-hydrogen) atoms. The third-order valence-corrected chi connectivity index (χ3v) is 5.25. The molecule has 146 valence electrons. The summed E-state index contributed by atoms with van der Waals surface area (Å²) in [5.74, 6) is 0.197. The SMILES string of the molecule is Fn1c(-c2cccnc2-c2ccnc(OC3CCCCC3)n2)nc2ccccc21. The van der Waals surface area contributed by atoms with Gasteiger partial charge in [0.15, 0.2) is 5.82 Å². The van der Waals surface area contributed by atoms with Gasteiger partial charge in [0.1, 0.15) is 11.6 Å². The Kier molecular flexibility index (Phi) is 4.63. The first kappa shape index (κ1) is 17.7. The van der Waals surface area contributed by atoms with Gasteiger partial charge in [-0.3, -0.25) is 4.98 Å². The van der Waals surface area contributed by atoms with Crippen LogP contribution in [0, 0.1) is 0 Å². The molecule has 0 amide bonds. The van der Waals surface area contributed by atoms with Crippen LogP contribution < -0.4 is 4.74 Å². The molecule has 3 heterocycles. The number of rotatable bonds is 4. The van der Waals surface area contributed by atoms with Crippen molar-refractivity contribution < 1.29 is 9.22 Å². The van der Waals surface area contributed by atoms with E-state index in [0.29, 0.717) is 38.8 Å². The lowest BCUT2D eigenvalue weighted by atomic mass is 9.98. The number of pyridine rings is 1. The minimum atomic E-state index is 0.150. The molecule has 0 saturated heterocycles. The molecule has 4 aromatic rings. The first-order valence-electron chi connectivity index (χ1n) is 9.89. The van der Waals surface area contributed by atoms with E-state index in [1.54, 1.807) is 48.8 Å². The number of halogens is 1. The molecule has 6 nitrogen and oxygen atoms in total. The molecule has 1 saturated carbocycles. The number of imidazole rings is 1. The minimum Gasteiger partial charge on any atom is -0.460 e. The largest absolute Gasteiger partial charge is 0.460 e. The molecule has 1 aromatic carbocycles. The van der Waals surface area contributed by atoms with Gasteiger partial charge in [0.25, 0.3) is 0 Å². The number of para-hydroxylation sites is 2. The zero-order valence-electron chi connectivity index (χ0n) is 15.8. The molecule has 0 bridgehead atoms. The molecule has 1 aliphatic rings. The first-order valence-corrected chi connectivity index (χ1v) is 9.89. The fourth-order valence-electron chi connectivity index (χ4n) is 3.81. The maximum Gasteiger partial charge on any atom is 0.317 e. The summed E-state index contributed by atoms with van der Waals surface area (Å²) in [6.45, 7) is 0. The van der Waals surface area contributed by atoms with Gasteiger partial charge in [-0.15, -0.1) is 0 Å². The molecule has 0 radical (unpaired) electrons. The third-order valence-electron chi connectivity index (χ3n) is 5.25. The zero-order chi connectivity index (χ0) is 19.6. The van der Waals surface area contributed by atoms with E-state index < -0.39 is 0 Å². The smallest absolute Gasteiger partial charge is 0.317 e. The van der Waals surface area contributed by atoms with Crippen LogP contribution in [0.25, 0.3) is 33.8 Å². The standard InChI is InChI=1S/C22H20FN5O/c23-28-19-11-5-4-10-17(19)26-21(28)16-9-6-13-24-20(16)18-12-14-25-22(27-18)29-15-7-2-1-3-8-15/h4-6,9-15H,1-3,7-8H2. The maximum absolute atomic E-state index is 15.0. The van der Waals surface area contributed by atoms with Gasteiger partial charge in [-0.1, -0.05) is 23.0 Å². The molecule has 7 heteroatoms. The summed E-state index contributed by atoms with van der Waals surface area (Å²) in [7, 11) is 0. The van der Waals surface area contributed by atoms with Crippen LogP contribution in [-0.2, 0) is 0 Å². The van der Waals surface area contributed by atoms with E-state index in [1.807, 2.05) is 6.07 Å². The van der Waals surface area contributed by atoms with Crippen molar-refractivity contribution in [1.29, 1.82) is 0 Å². The van der Waals surface area contributed by atoms with E-state index in [1.165, 1.54) is 19.3 Å². The van der Waals surface area contributed by atoms with Gasteiger partial charge < -0.3 is 4.74 Å². The van der Waals surface area contributed by atoms with E-state index in [0.717, 1.165) is 12.8 Å². The van der Waals surface area contributed by atoms with Crippen molar-refractivity contribution >= 4 is 11.0 Å². The molecular weight excluding hydrogens is 369 g/mol. The summed E-state index contributed by atoms with van der Waals surface area (Å²) >= 11 is 0. The van der Waals surface area contributed by atoms with Crippen molar-refractivity contribution in [1.82, 2.24) is 24.7 Å². The summed E-state index contributed by atoms with van der Waals surface area (Å²) in [6.07, 6.45) is 9.09. The average Bonchev–Trinajstić information content (AvgIpc) is 3.11. The molecule has 5 rings (SSSR count). The number of ether oxygens (including phenoxy) is 1. The van der Waals surface area contributed by atoms with Gasteiger partial charge in [-0.25, -0.2) is 9.97 Å². The molecular formula is C22H20FN5O. The third kappa shape index (κ3) is 3.44. The molecule has 0 spiro atoms. The number of benzene rings is 1. The Labute approximate surface area is 167 Å². The minimum absolute atomic E-state index is 0.150. The second-order valence-electron chi connectivity index (χ2n) is 7.21. The first-order chi connectivity index (χ1) is 14.3. The molecule has 0 aliphatic heterocycles. The summed E-state index contributed by atoms with van der Waals surface area (Å²) in [6, 6.07) is 12.7. The summed E-state index contributed by atoms with van der Waals surface area (Å²) in [5.41, 5.74) is 2.68. The summed E-state index contributed by atoms with van der Waals surface area (Å²) in [5, 5.41) is 0. The number of hydrogen-bond acceptors (Lipinski definition) is 5. The second-order valence-corrected chi connectivity index (χ2v) is 7.21. The highest BCUT2D eigenvalue weighted by atomic mass is 19.2. The quantitative estimate of drug-likeness (QED) is 0.491. The maximum atomic E-state index is 15.0. The summed E-state index contributed by atoms with van der Waals surface area (Å²) < 4.78 is 21.0. The Morgan fingerprint density at radius 3 is 2.62 bits per heavy atom. The van der Waals surface area contributed by atoms with Crippen LogP contribution in [0.1, 0.15) is 32.1 Å². The van der Waals surface area contributed by atoms with Crippen molar-refractivity contribution in [3.63, 3.8) is 0 Å². The van der Waals surface area contributed by atoms with Crippen molar-refractivity contribution in [2.75, 3.05) is 0 Å². The highest BCUT2D eigenvalue weighted by Gasteiger charge is 2.20. The van der Waals surface area contributed by atoms with Gasteiger partial charge in [0, 0.05) is 18.0 Å². The number of nitrogens with zero attached hydrogens (tertiary/aromatic N) is 5. The molecule has 3 aromatic heterocycles. The van der Waals surface area contributed by atoms with Crippen molar-refractivity contribution in [3.8, 4) is 28.8 Å². The van der Waals surface area contributed by atoms with Crippen LogP contribution in [0.4, 0.5) is 4.48 Å². The lowest BCUT2D eigenvalue weighted by molar-refractivity contribution is 0.142. The second kappa shape index (κ2) is 7.58.